The van der Waals surface area contributed by atoms with Crippen LogP contribution in [0.15, 0.2) is 47.5 Å². The number of guanidine groups is 1. The van der Waals surface area contributed by atoms with E-state index in [4.69, 9.17) is 9.47 Å². The molecule has 1 saturated heterocycles. The van der Waals surface area contributed by atoms with E-state index in [0.717, 1.165) is 61.2 Å². The molecule has 0 radical (unpaired) electrons. The maximum atomic E-state index is 5.51. The van der Waals surface area contributed by atoms with Gasteiger partial charge in [-0.25, -0.2) is 0 Å². The Morgan fingerprint density at radius 3 is 2.63 bits per heavy atom. The average Bonchev–Trinajstić information content (AvgIpc) is 3.22. The molecule has 1 heterocycles. The van der Waals surface area contributed by atoms with Gasteiger partial charge in [0.2, 0.25) is 0 Å². The molecule has 1 atom stereocenters. The lowest BCUT2D eigenvalue weighted by Gasteiger charge is -2.22. The fourth-order valence-electron chi connectivity index (χ4n) is 3.72. The predicted molar refractivity (Wildman–Crippen MR) is 135 cm³/mol. The number of hydrogen-bond acceptors (Lipinski definition) is 4. The molecule has 0 bridgehead atoms. The highest BCUT2D eigenvalue weighted by Crippen LogP contribution is 2.30. The van der Waals surface area contributed by atoms with Gasteiger partial charge in [0.25, 0.3) is 0 Å². The van der Waals surface area contributed by atoms with Gasteiger partial charge in [-0.2, -0.15) is 0 Å². The molecule has 164 valence electrons. The van der Waals surface area contributed by atoms with E-state index in [9.17, 15) is 0 Å². The van der Waals surface area contributed by atoms with Crippen molar-refractivity contribution in [1.82, 2.24) is 10.6 Å². The lowest BCUT2D eigenvalue weighted by atomic mass is 10.1. The maximum absolute atomic E-state index is 5.51. The van der Waals surface area contributed by atoms with Crippen molar-refractivity contribution in [3.63, 3.8) is 0 Å². The molecule has 7 heteroatoms. The second kappa shape index (κ2) is 11.9. The number of methoxy groups -OCH3 is 2. The summed E-state index contributed by atoms with van der Waals surface area (Å²) in [5, 5.41) is 6.98. The Bertz CT molecular complexity index is 844. The van der Waals surface area contributed by atoms with Crippen LogP contribution in [0.4, 0.5) is 5.69 Å². The molecule has 0 aliphatic carbocycles. The lowest BCUT2D eigenvalue weighted by molar-refractivity contribution is 0.411. The number of halogens is 1. The van der Waals surface area contributed by atoms with Crippen molar-refractivity contribution >= 4 is 35.6 Å². The van der Waals surface area contributed by atoms with Gasteiger partial charge >= 0.3 is 0 Å². The monoisotopic (exact) mass is 524 g/mol. The van der Waals surface area contributed by atoms with Crippen LogP contribution in [0.25, 0.3) is 0 Å². The van der Waals surface area contributed by atoms with Crippen LogP contribution in [0.3, 0.4) is 0 Å². The molecule has 30 heavy (non-hydrogen) atoms. The van der Waals surface area contributed by atoms with E-state index in [2.05, 4.69) is 57.8 Å². The van der Waals surface area contributed by atoms with Gasteiger partial charge in [-0.1, -0.05) is 24.3 Å². The molecule has 1 aliphatic rings. The number of hydrogen-bond donors (Lipinski definition) is 2. The van der Waals surface area contributed by atoms with Gasteiger partial charge in [-0.3, -0.25) is 4.99 Å². The molecule has 1 fully saturated rings. The van der Waals surface area contributed by atoms with E-state index in [1.54, 1.807) is 14.2 Å². The van der Waals surface area contributed by atoms with Crippen molar-refractivity contribution in [3.8, 4) is 11.5 Å². The van der Waals surface area contributed by atoms with Crippen LogP contribution < -0.4 is 25.0 Å². The molecule has 0 amide bonds. The molecule has 6 nitrogen and oxygen atoms in total. The number of para-hydroxylation sites is 2. The summed E-state index contributed by atoms with van der Waals surface area (Å²) < 4.78 is 10.9. The molecule has 1 aliphatic heterocycles. The van der Waals surface area contributed by atoms with Gasteiger partial charge in [0.15, 0.2) is 5.96 Å². The first kappa shape index (κ1) is 24.1. The molecular weight excluding hydrogens is 491 g/mol. The number of aliphatic imine (C=N–C) groups is 1. The molecule has 0 aromatic heterocycles. The normalized spacial score (nSPS) is 16.1. The minimum atomic E-state index is 0. The first-order valence-corrected chi connectivity index (χ1v) is 10.1. The summed E-state index contributed by atoms with van der Waals surface area (Å²) >= 11 is 0. The van der Waals surface area contributed by atoms with Gasteiger partial charge in [0, 0.05) is 32.7 Å². The Hall–Kier alpha value is -2.16. The van der Waals surface area contributed by atoms with Gasteiger partial charge < -0.3 is 25.0 Å². The van der Waals surface area contributed by atoms with Crippen molar-refractivity contribution < 1.29 is 9.47 Å². The minimum absolute atomic E-state index is 0. The zero-order chi connectivity index (χ0) is 20.6. The summed E-state index contributed by atoms with van der Waals surface area (Å²) in [5.74, 6) is 2.70. The zero-order valence-corrected chi connectivity index (χ0v) is 20.6. The summed E-state index contributed by atoms with van der Waals surface area (Å²) in [6.45, 7) is 4.80. The van der Waals surface area contributed by atoms with E-state index in [1.807, 2.05) is 19.2 Å². The molecular formula is C23H33IN4O2. The second-order valence-corrected chi connectivity index (χ2v) is 7.30. The van der Waals surface area contributed by atoms with Crippen LogP contribution in [0.5, 0.6) is 11.5 Å². The number of anilines is 1. The fourth-order valence-corrected chi connectivity index (χ4v) is 3.72. The highest BCUT2D eigenvalue weighted by atomic mass is 127. The molecule has 0 spiro atoms. The third-order valence-corrected chi connectivity index (χ3v) is 5.36. The van der Waals surface area contributed by atoms with Gasteiger partial charge in [-0.05, 0) is 49.1 Å². The van der Waals surface area contributed by atoms with Crippen molar-refractivity contribution in [2.24, 2.45) is 4.99 Å². The Kier molecular flexibility index (Phi) is 9.55. The zero-order valence-electron chi connectivity index (χ0n) is 18.3. The summed E-state index contributed by atoms with van der Waals surface area (Å²) in [7, 11) is 5.25. The summed E-state index contributed by atoms with van der Waals surface area (Å²) in [6.07, 6.45) is 1.98. The molecule has 2 aromatic carbocycles. The van der Waals surface area contributed by atoms with Gasteiger partial charge in [0.05, 0.1) is 19.9 Å². The molecule has 1 unspecified atom stereocenters. The van der Waals surface area contributed by atoms with E-state index in [-0.39, 0.29) is 24.0 Å². The van der Waals surface area contributed by atoms with Crippen molar-refractivity contribution in [2.45, 2.75) is 25.8 Å². The first-order chi connectivity index (χ1) is 14.1. The van der Waals surface area contributed by atoms with E-state index in [0.29, 0.717) is 6.04 Å². The fraction of sp³-hybridized carbons (Fsp3) is 0.435. The van der Waals surface area contributed by atoms with Crippen LogP contribution in [-0.2, 0) is 6.42 Å². The first-order valence-electron chi connectivity index (χ1n) is 10.1. The van der Waals surface area contributed by atoms with Crippen LogP contribution in [0.2, 0.25) is 0 Å². The van der Waals surface area contributed by atoms with Crippen LogP contribution >= 0.6 is 24.0 Å². The third kappa shape index (κ3) is 6.17. The standard InChI is InChI=1S/C23H32N4O2.HI/c1-17-9-10-18(15-22(17)29-4)11-13-25-23(24-2)26-19-12-14-27(16-19)20-7-5-6-8-21(20)28-3;/h5-10,15,19H,11-14,16H2,1-4H3,(H2,24,25,26);1H. The highest BCUT2D eigenvalue weighted by Gasteiger charge is 2.25. The van der Waals surface area contributed by atoms with E-state index >= 15 is 0 Å². The number of rotatable bonds is 7. The molecule has 2 aromatic rings. The van der Waals surface area contributed by atoms with Crippen molar-refractivity contribution in [1.29, 1.82) is 0 Å². The Balaban J connectivity index is 0.00000320. The lowest BCUT2D eigenvalue weighted by Crippen LogP contribution is -2.45. The molecule has 3 rings (SSSR count). The quantitative estimate of drug-likeness (QED) is 0.329. The van der Waals surface area contributed by atoms with Crippen LogP contribution in [0, 0.1) is 6.92 Å². The average molecular weight is 524 g/mol. The topological polar surface area (TPSA) is 58.1 Å². The summed E-state index contributed by atoms with van der Waals surface area (Å²) in [5.41, 5.74) is 3.55. The number of benzene rings is 2. The SMILES string of the molecule is CN=C(NCCc1ccc(C)c(OC)c1)NC1CCN(c2ccccc2OC)C1.I. The smallest absolute Gasteiger partial charge is 0.191 e. The highest BCUT2D eigenvalue weighted by molar-refractivity contribution is 14.0. The second-order valence-electron chi connectivity index (χ2n) is 7.30. The number of nitrogens with zero attached hydrogens (tertiary/aromatic N) is 2. The summed E-state index contributed by atoms with van der Waals surface area (Å²) in [4.78, 5) is 6.75. The van der Waals surface area contributed by atoms with Crippen LogP contribution in [0.1, 0.15) is 17.5 Å². The van der Waals surface area contributed by atoms with Crippen molar-refractivity contribution in [2.75, 3.05) is 45.8 Å². The van der Waals surface area contributed by atoms with Crippen LogP contribution in [-0.4, -0.2) is 52.9 Å². The maximum Gasteiger partial charge on any atom is 0.191 e. The largest absolute Gasteiger partial charge is 0.496 e. The Morgan fingerprint density at radius 2 is 1.90 bits per heavy atom. The molecule has 2 N–H and O–H groups in total. The Labute approximate surface area is 197 Å². The number of ether oxygens (including phenoxy) is 2. The molecule has 0 saturated carbocycles. The summed E-state index contributed by atoms with van der Waals surface area (Å²) in [6, 6.07) is 14.9. The minimum Gasteiger partial charge on any atom is -0.496 e. The van der Waals surface area contributed by atoms with Gasteiger partial charge in [-0.15, -0.1) is 24.0 Å². The Morgan fingerprint density at radius 1 is 1.13 bits per heavy atom. The third-order valence-electron chi connectivity index (χ3n) is 5.36. The predicted octanol–water partition coefficient (Wildman–Crippen LogP) is 3.62. The van der Waals surface area contributed by atoms with E-state index < -0.39 is 0 Å². The number of nitrogens with one attached hydrogen (secondary N) is 2. The van der Waals surface area contributed by atoms with Gasteiger partial charge in [0.1, 0.15) is 11.5 Å². The van der Waals surface area contributed by atoms with Crippen molar-refractivity contribution in [3.05, 3.63) is 53.6 Å². The number of aryl methyl sites for hydroxylation is 1. The van der Waals surface area contributed by atoms with E-state index in [1.165, 1.54) is 5.56 Å².